The second-order valence-corrected chi connectivity index (χ2v) is 5.15. The van der Waals surface area contributed by atoms with Gasteiger partial charge in [-0.3, -0.25) is 4.79 Å². The van der Waals surface area contributed by atoms with Gasteiger partial charge in [0.2, 0.25) is 0 Å². The molecule has 1 aromatic rings. The molecule has 4 heteroatoms. The predicted molar refractivity (Wildman–Crippen MR) is 90.0 cm³/mol. The van der Waals surface area contributed by atoms with E-state index in [2.05, 4.69) is 19.2 Å². The lowest BCUT2D eigenvalue weighted by Gasteiger charge is -2.32. The number of methoxy groups -OCH3 is 1. The second-order valence-electron chi connectivity index (χ2n) is 5.15. The number of allylic oxidation sites excluding steroid dienone is 2. The van der Waals surface area contributed by atoms with Crippen molar-refractivity contribution in [1.29, 1.82) is 5.26 Å². The fraction of sp³-hybridized carbons (Fsp3) is 0.368. The molecule has 0 radical (unpaired) electrons. The number of hydrogen-bond acceptors (Lipinski definition) is 4. The lowest BCUT2D eigenvalue weighted by molar-refractivity contribution is -0.153. The number of esters is 1. The van der Waals surface area contributed by atoms with Crippen molar-refractivity contribution in [3.05, 3.63) is 55.1 Å². The number of rotatable bonds is 9. The first-order valence-corrected chi connectivity index (χ1v) is 7.53. The van der Waals surface area contributed by atoms with Crippen LogP contribution in [0.2, 0.25) is 0 Å². The van der Waals surface area contributed by atoms with E-state index in [1.54, 1.807) is 26.2 Å². The Morgan fingerprint density at radius 2 is 2.17 bits per heavy atom. The van der Waals surface area contributed by atoms with Crippen LogP contribution >= 0.6 is 0 Å². The first-order chi connectivity index (χ1) is 11.1. The molecule has 0 aromatic heterocycles. The number of nitriles is 1. The van der Waals surface area contributed by atoms with Gasteiger partial charge in [-0.1, -0.05) is 24.3 Å². The first kappa shape index (κ1) is 18.5. The van der Waals surface area contributed by atoms with Gasteiger partial charge in [0.15, 0.2) is 5.41 Å². The topological polar surface area (TPSA) is 59.3 Å². The zero-order chi connectivity index (χ0) is 17.3. The Bertz CT molecular complexity index is 603. The normalized spacial score (nSPS) is 14.0. The monoisotopic (exact) mass is 313 g/mol. The number of benzene rings is 1. The summed E-state index contributed by atoms with van der Waals surface area (Å²) in [6.45, 7) is 9.40. The zero-order valence-electron chi connectivity index (χ0n) is 13.7. The smallest absolute Gasteiger partial charge is 0.327 e. The molecule has 122 valence electrons. The molecule has 0 amide bonds. The minimum atomic E-state index is -1.34. The summed E-state index contributed by atoms with van der Waals surface area (Å²) in [5, 5.41) is 9.83. The van der Waals surface area contributed by atoms with E-state index in [0.717, 1.165) is 5.56 Å². The Morgan fingerprint density at radius 3 is 2.70 bits per heavy atom. The van der Waals surface area contributed by atoms with E-state index in [-0.39, 0.29) is 13.0 Å². The molecule has 0 heterocycles. The molecular formula is C19H23NO3. The van der Waals surface area contributed by atoms with Gasteiger partial charge in [0.1, 0.15) is 5.75 Å². The molecule has 0 bridgehead atoms. The summed E-state index contributed by atoms with van der Waals surface area (Å²) in [6, 6.07) is 9.56. The quantitative estimate of drug-likeness (QED) is 0.510. The van der Waals surface area contributed by atoms with Gasteiger partial charge < -0.3 is 9.47 Å². The maximum absolute atomic E-state index is 12.6. The molecule has 0 fully saturated rings. The molecule has 0 aliphatic rings. The number of nitrogens with zero attached hydrogens (tertiary/aromatic N) is 1. The van der Waals surface area contributed by atoms with Gasteiger partial charge in [-0.05, 0) is 37.5 Å². The van der Waals surface area contributed by atoms with Crippen LogP contribution in [0.4, 0.5) is 0 Å². The van der Waals surface area contributed by atoms with Gasteiger partial charge in [0, 0.05) is 5.92 Å². The first-order valence-electron chi connectivity index (χ1n) is 7.53. The summed E-state index contributed by atoms with van der Waals surface area (Å²) in [5.41, 5.74) is -0.501. The molecule has 0 N–H and O–H groups in total. The van der Waals surface area contributed by atoms with Crippen LogP contribution in [0.5, 0.6) is 5.75 Å². The largest absolute Gasteiger partial charge is 0.497 e. The van der Waals surface area contributed by atoms with Crippen molar-refractivity contribution >= 4 is 5.97 Å². The van der Waals surface area contributed by atoms with E-state index in [9.17, 15) is 10.1 Å². The Balaban J connectivity index is 3.45. The summed E-state index contributed by atoms with van der Waals surface area (Å²) in [5.74, 6) is -0.250. The highest BCUT2D eigenvalue weighted by Gasteiger charge is 2.47. The number of carbonyl (C=O) groups excluding carboxylic acids is 1. The standard InChI is InChI=1S/C19H23NO3/c1-5-9-17(15-10-8-11-16(13-15)22-4)19(14-20,12-6-2)18(21)23-7-3/h5-6,8,10-11,13,17H,1-2,7,9,12H2,3-4H3. The molecular weight excluding hydrogens is 290 g/mol. The fourth-order valence-corrected chi connectivity index (χ4v) is 2.67. The molecule has 2 unspecified atom stereocenters. The molecule has 0 saturated carbocycles. The fourth-order valence-electron chi connectivity index (χ4n) is 2.67. The minimum absolute atomic E-state index is 0.206. The third-order valence-corrected chi connectivity index (χ3v) is 3.80. The lowest BCUT2D eigenvalue weighted by atomic mass is 9.69. The van der Waals surface area contributed by atoms with Crippen LogP contribution in [-0.2, 0) is 9.53 Å². The van der Waals surface area contributed by atoms with Crippen LogP contribution in [0.3, 0.4) is 0 Å². The molecule has 0 saturated heterocycles. The Kier molecular flexibility index (Phi) is 7.08. The van der Waals surface area contributed by atoms with Gasteiger partial charge in [-0.2, -0.15) is 5.26 Å². The van der Waals surface area contributed by atoms with Crippen molar-refractivity contribution in [3.8, 4) is 11.8 Å². The number of carbonyl (C=O) groups is 1. The average Bonchev–Trinajstić information content (AvgIpc) is 2.58. The van der Waals surface area contributed by atoms with E-state index in [1.807, 2.05) is 24.3 Å². The van der Waals surface area contributed by atoms with Crippen molar-refractivity contribution in [2.45, 2.75) is 25.7 Å². The van der Waals surface area contributed by atoms with Crippen LogP contribution < -0.4 is 4.74 Å². The third-order valence-electron chi connectivity index (χ3n) is 3.80. The van der Waals surface area contributed by atoms with Gasteiger partial charge >= 0.3 is 5.97 Å². The van der Waals surface area contributed by atoms with Crippen LogP contribution in [0.15, 0.2) is 49.6 Å². The second kappa shape index (κ2) is 8.79. The van der Waals surface area contributed by atoms with E-state index in [0.29, 0.717) is 12.2 Å². The lowest BCUT2D eigenvalue weighted by Crippen LogP contribution is -2.37. The van der Waals surface area contributed by atoms with Crippen molar-refractivity contribution in [2.75, 3.05) is 13.7 Å². The molecule has 1 aromatic carbocycles. The van der Waals surface area contributed by atoms with E-state index in [4.69, 9.17) is 9.47 Å². The summed E-state index contributed by atoms with van der Waals surface area (Å²) in [4.78, 5) is 12.6. The van der Waals surface area contributed by atoms with Crippen molar-refractivity contribution < 1.29 is 14.3 Å². The number of hydrogen-bond donors (Lipinski definition) is 0. The van der Waals surface area contributed by atoms with Crippen LogP contribution in [0, 0.1) is 16.7 Å². The molecule has 2 atom stereocenters. The summed E-state index contributed by atoms with van der Waals surface area (Å²) >= 11 is 0. The highest BCUT2D eigenvalue weighted by atomic mass is 16.5. The van der Waals surface area contributed by atoms with Crippen LogP contribution in [0.1, 0.15) is 31.2 Å². The SMILES string of the molecule is C=CCC(c1cccc(OC)c1)C(C#N)(CC=C)C(=O)OCC. The van der Waals surface area contributed by atoms with Crippen molar-refractivity contribution in [1.82, 2.24) is 0 Å². The Hall–Kier alpha value is -2.54. The molecule has 23 heavy (non-hydrogen) atoms. The molecule has 0 aliphatic heterocycles. The molecule has 1 rings (SSSR count). The highest BCUT2D eigenvalue weighted by molar-refractivity contribution is 5.82. The predicted octanol–water partition coefficient (Wildman–Crippen LogP) is 4.00. The summed E-state index contributed by atoms with van der Waals surface area (Å²) in [7, 11) is 1.58. The maximum atomic E-state index is 12.6. The minimum Gasteiger partial charge on any atom is -0.497 e. The maximum Gasteiger partial charge on any atom is 0.327 e. The van der Waals surface area contributed by atoms with Crippen LogP contribution in [0.25, 0.3) is 0 Å². The summed E-state index contributed by atoms with van der Waals surface area (Å²) < 4.78 is 10.4. The number of ether oxygens (including phenoxy) is 2. The molecule has 0 aliphatic carbocycles. The molecule has 0 spiro atoms. The van der Waals surface area contributed by atoms with Crippen LogP contribution in [-0.4, -0.2) is 19.7 Å². The Morgan fingerprint density at radius 1 is 1.43 bits per heavy atom. The van der Waals surface area contributed by atoms with Gasteiger partial charge in [-0.15, -0.1) is 13.2 Å². The van der Waals surface area contributed by atoms with E-state index < -0.39 is 17.3 Å². The zero-order valence-corrected chi connectivity index (χ0v) is 13.7. The molecule has 4 nitrogen and oxygen atoms in total. The summed E-state index contributed by atoms with van der Waals surface area (Å²) in [6.07, 6.45) is 3.96. The Labute approximate surface area is 138 Å². The average molecular weight is 313 g/mol. The van der Waals surface area contributed by atoms with Crippen molar-refractivity contribution in [3.63, 3.8) is 0 Å². The van der Waals surface area contributed by atoms with E-state index in [1.165, 1.54) is 0 Å². The third kappa shape index (κ3) is 4.01. The van der Waals surface area contributed by atoms with Crippen molar-refractivity contribution in [2.24, 2.45) is 5.41 Å². The van der Waals surface area contributed by atoms with Gasteiger partial charge in [0.05, 0.1) is 19.8 Å². The van der Waals surface area contributed by atoms with Gasteiger partial charge in [0.25, 0.3) is 0 Å². The van der Waals surface area contributed by atoms with E-state index >= 15 is 0 Å². The highest BCUT2D eigenvalue weighted by Crippen LogP contribution is 2.43. The van der Waals surface area contributed by atoms with Gasteiger partial charge in [-0.25, -0.2) is 0 Å².